The van der Waals surface area contributed by atoms with Crippen molar-refractivity contribution in [2.45, 2.75) is 38.0 Å². The van der Waals surface area contributed by atoms with Gasteiger partial charge < -0.3 is 24.8 Å². The van der Waals surface area contributed by atoms with Crippen molar-refractivity contribution in [1.82, 2.24) is 15.2 Å². The molecule has 4 rings (SSSR count). The molecule has 35 heavy (non-hydrogen) atoms. The van der Waals surface area contributed by atoms with Crippen LogP contribution in [0.3, 0.4) is 0 Å². The second-order valence-electron chi connectivity index (χ2n) is 8.78. The van der Waals surface area contributed by atoms with Crippen LogP contribution < -0.4 is 9.62 Å². The molecule has 1 unspecified atom stereocenters. The third kappa shape index (κ3) is 7.14. The molecule has 0 bridgehead atoms. The van der Waals surface area contributed by atoms with Crippen LogP contribution in [0.2, 0.25) is 0 Å². The van der Waals surface area contributed by atoms with Crippen LogP contribution in [0.15, 0.2) is 48.7 Å². The molecule has 2 aliphatic rings. The first-order chi connectivity index (χ1) is 16.9. The van der Waals surface area contributed by atoms with Crippen molar-refractivity contribution in [2.75, 3.05) is 43.0 Å². The van der Waals surface area contributed by atoms with Crippen molar-refractivity contribution in [3.63, 3.8) is 0 Å². The van der Waals surface area contributed by atoms with Gasteiger partial charge in [-0.3, -0.25) is 0 Å². The Kier molecular flexibility index (Phi) is 8.55. The zero-order chi connectivity index (χ0) is 24.7. The van der Waals surface area contributed by atoms with E-state index in [1.165, 1.54) is 4.31 Å². The standard InChI is InChI=1S/C24H32N4O6S/c29-21-8-11-27(12-9-21)13-10-22(26-24(30)34-17-19-4-2-1-3-5-19)20-6-7-23(25-16-20)28-14-15-33-18-35(28,31)32/h1-7,16,21-22,29H,8-15,17-18H2,(H,26,30). The van der Waals surface area contributed by atoms with Gasteiger partial charge in [0.25, 0.3) is 10.0 Å². The predicted molar refractivity (Wildman–Crippen MR) is 130 cm³/mol. The van der Waals surface area contributed by atoms with Gasteiger partial charge in [-0.1, -0.05) is 36.4 Å². The Morgan fingerprint density at radius 1 is 1.17 bits per heavy atom. The molecule has 10 nitrogen and oxygen atoms in total. The van der Waals surface area contributed by atoms with Crippen LogP contribution in [0.4, 0.5) is 10.6 Å². The SMILES string of the molecule is O=C(NC(CCN1CCC(O)CC1)c1ccc(N2CCOCS2(=O)=O)nc1)OCc1ccccc1. The first-order valence-electron chi connectivity index (χ1n) is 11.8. The van der Waals surface area contributed by atoms with E-state index < -0.39 is 16.1 Å². The Morgan fingerprint density at radius 3 is 2.63 bits per heavy atom. The molecule has 11 heteroatoms. The molecular weight excluding hydrogens is 472 g/mol. The number of likely N-dealkylation sites (tertiary alicyclic amines) is 1. The Labute approximate surface area is 205 Å². The molecule has 1 aromatic heterocycles. The molecule has 2 saturated heterocycles. The van der Waals surface area contributed by atoms with E-state index in [2.05, 4.69) is 15.2 Å². The molecule has 0 saturated carbocycles. The molecule has 190 valence electrons. The van der Waals surface area contributed by atoms with Crippen molar-refractivity contribution in [3.05, 3.63) is 59.8 Å². The van der Waals surface area contributed by atoms with E-state index in [4.69, 9.17) is 9.47 Å². The molecule has 1 amide bonds. The molecule has 1 aromatic carbocycles. The Bertz CT molecular complexity index is 1060. The van der Waals surface area contributed by atoms with E-state index in [1.807, 2.05) is 30.3 Å². The average Bonchev–Trinajstić information content (AvgIpc) is 2.87. The maximum absolute atomic E-state index is 12.6. The van der Waals surface area contributed by atoms with Gasteiger partial charge in [0.1, 0.15) is 12.4 Å². The van der Waals surface area contributed by atoms with Gasteiger partial charge in [0.05, 0.1) is 25.3 Å². The number of rotatable bonds is 8. The number of nitrogens with one attached hydrogen (secondary N) is 1. The number of piperidine rings is 1. The highest BCUT2D eigenvalue weighted by Gasteiger charge is 2.28. The topological polar surface area (TPSA) is 121 Å². The molecule has 2 fully saturated rings. The summed E-state index contributed by atoms with van der Waals surface area (Å²) in [6.45, 7) is 3.02. The quantitative estimate of drug-likeness (QED) is 0.560. The Hall–Kier alpha value is -2.73. The van der Waals surface area contributed by atoms with E-state index in [9.17, 15) is 18.3 Å². The first-order valence-corrected chi connectivity index (χ1v) is 13.4. The summed E-state index contributed by atoms with van der Waals surface area (Å²) in [6, 6.07) is 12.5. The minimum Gasteiger partial charge on any atom is -0.445 e. The number of aromatic nitrogens is 1. The van der Waals surface area contributed by atoms with Crippen LogP contribution in [0, 0.1) is 0 Å². The van der Waals surface area contributed by atoms with E-state index in [1.54, 1.807) is 18.3 Å². The maximum Gasteiger partial charge on any atom is 0.407 e. The lowest BCUT2D eigenvalue weighted by atomic mass is 10.0. The second-order valence-corrected chi connectivity index (χ2v) is 10.6. The van der Waals surface area contributed by atoms with Crippen LogP contribution >= 0.6 is 0 Å². The number of aliphatic hydroxyl groups is 1. The van der Waals surface area contributed by atoms with Crippen LogP contribution in [0.1, 0.15) is 36.4 Å². The van der Waals surface area contributed by atoms with Crippen molar-refractivity contribution >= 4 is 21.9 Å². The fourth-order valence-corrected chi connectivity index (χ4v) is 5.41. The van der Waals surface area contributed by atoms with Crippen LogP contribution in [-0.4, -0.2) is 74.3 Å². The van der Waals surface area contributed by atoms with Gasteiger partial charge in [-0.05, 0) is 36.5 Å². The normalized spacial score (nSPS) is 19.7. The number of pyridine rings is 1. The van der Waals surface area contributed by atoms with Crippen LogP contribution in [-0.2, 0) is 26.1 Å². The fourth-order valence-electron chi connectivity index (χ4n) is 4.21. The lowest BCUT2D eigenvalue weighted by Gasteiger charge is -2.31. The number of hydrogen-bond donors (Lipinski definition) is 2. The lowest BCUT2D eigenvalue weighted by molar-refractivity contribution is 0.0802. The minimum absolute atomic E-state index is 0.162. The molecule has 1 atom stereocenters. The predicted octanol–water partition coefficient (Wildman–Crippen LogP) is 2.02. The van der Waals surface area contributed by atoms with Crippen molar-refractivity contribution in [3.8, 4) is 0 Å². The molecule has 0 aliphatic carbocycles. The van der Waals surface area contributed by atoms with Gasteiger partial charge in [0.2, 0.25) is 0 Å². The lowest BCUT2D eigenvalue weighted by Crippen LogP contribution is -2.41. The van der Waals surface area contributed by atoms with Crippen LogP contribution in [0.5, 0.6) is 0 Å². The van der Waals surface area contributed by atoms with E-state index in [0.29, 0.717) is 18.8 Å². The van der Waals surface area contributed by atoms with Gasteiger partial charge in [-0.2, -0.15) is 0 Å². The molecule has 2 N–H and O–H groups in total. The number of alkyl carbamates (subject to hydrolysis) is 1. The van der Waals surface area contributed by atoms with Crippen molar-refractivity contribution < 1.29 is 27.8 Å². The van der Waals surface area contributed by atoms with Crippen molar-refractivity contribution in [2.24, 2.45) is 0 Å². The summed E-state index contributed by atoms with van der Waals surface area (Å²) in [7, 11) is -3.56. The molecule has 0 radical (unpaired) electrons. The summed E-state index contributed by atoms with van der Waals surface area (Å²) in [4.78, 5) is 19.2. The van der Waals surface area contributed by atoms with Crippen molar-refractivity contribution in [1.29, 1.82) is 0 Å². The number of ether oxygens (including phenoxy) is 2. The minimum atomic E-state index is -3.56. The van der Waals surface area contributed by atoms with E-state index in [0.717, 1.165) is 43.6 Å². The summed E-state index contributed by atoms with van der Waals surface area (Å²) in [5.41, 5.74) is 1.65. The van der Waals surface area contributed by atoms with Gasteiger partial charge in [-0.15, -0.1) is 0 Å². The number of carbonyl (C=O) groups excluding carboxylic acids is 1. The largest absolute Gasteiger partial charge is 0.445 e. The monoisotopic (exact) mass is 504 g/mol. The molecule has 0 spiro atoms. The maximum atomic E-state index is 12.6. The highest BCUT2D eigenvalue weighted by molar-refractivity contribution is 7.92. The van der Waals surface area contributed by atoms with Gasteiger partial charge in [0, 0.05) is 25.8 Å². The number of carbonyl (C=O) groups is 1. The Morgan fingerprint density at radius 2 is 1.94 bits per heavy atom. The van der Waals surface area contributed by atoms with Crippen LogP contribution in [0.25, 0.3) is 0 Å². The average molecular weight is 505 g/mol. The zero-order valence-corrected chi connectivity index (χ0v) is 20.4. The number of hydrogen-bond acceptors (Lipinski definition) is 8. The van der Waals surface area contributed by atoms with Gasteiger partial charge in [-0.25, -0.2) is 22.5 Å². The summed E-state index contributed by atoms with van der Waals surface area (Å²) < 4.78 is 36.3. The first kappa shape index (κ1) is 25.4. The zero-order valence-electron chi connectivity index (χ0n) is 19.6. The molecular formula is C24H32N4O6S. The number of sulfonamides is 1. The van der Waals surface area contributed by atoms with E-state index in [-0.39, 0.29) is 31.2 Å². The molecule has 2 aliphatic heterocycles. The number of amides is 1. The Balaban J connectivity index is 1.43. The fraction of sp³-hybridized carbons (Fsp3) is 0.500. The summed E-state index contributed by atoms with van der Waals surface area (Å²) in [5.74, 6) is -0.0363. The number of aliphatic hydroxyl groups excluding tert-OH is 1. The second kappa shape index (κ2) is 11.8. The van der Waals surface area contributed by atoms with Gasteiger partial charge >= 0.3 is 6.09 Å². The van der Waals surface area contributed by atoms with Gasteiger partial charge in [0.15, 0.2) is 5.94 Å². The third-order valence-electron chi connectivity index (χ3n) is 6.23. The highest BCUT2D eigenvalue weighted by Crippen LogP contribution is 2.23. The summed E-state index contributed by atoms with van der Waals surface area (Å²) >= 11 is 0. The summed E-state index contributed by atoms with van der Waals surface area (Å²) in [6.07, 6.45) is 2.91. The summed E-state index contributed by atoms with van der Waals surface area (Å²) in [5, 5.41) is 12.7. The van der Waals surface area contributed by atoms with E-state index >= 15 is 0 Å². The number of nitrogens with zero attached hydrogens (tertiary/aromatic N) is 3. The number of benzene rings is 1. The smallest absolute Gasteiger partial charge is 0.407 e. The highest BCUT2D eigenvalue weighted by atomic mass is 32.2. The number of anilines is 1. The molecule has 2 aromatic rings. The molecule has 3 heterocycles. The third-order valence-corrected chi connectivity index (χ3v) is 7.74.